The lowest BCUT2D eigenvalue weighted by atomic mass is 10.2. The summed E-state index contributed by atoms with van der Waals surface area (Å²) in [6.45, 7) is 3.00. The molecule has 2 rings (SSSR count). The second-order valence-electron chi connectivity index (χ2n) is 5.87. The van der Waals surface area contributed by atoms with Gasteiger partial charge >= 0.3 is 0 Å². The number of benzene rings is 1. The number of pyridine rings is 1. The van der Waals surface area contributed by atoms with E-state index >= 15 is 0 Å². The van der Waals surface area contributed by atoms with E-state index in [2.05, 4.69) is 20.6 Å². The SMILES string of the molecule is CN=C(NCCCOCCOC)NCc1ccc(Oc2cccnc2)c(F)c1.I. The highest BCUT2D eigenvalue weighted by atomic mass is 127. The molecule has 0 aliphatic carbocycles. The van der Waals surface area contributed by atoms with Crippen molar-refractivity contribution in [3.63, 3.8) is 0 Å². The molecule has 2 aromatic rings. The van der Waals surface area contributed by atoms with Gasteiger partial charge in [0.15, 0.2) is 17.5 Å². The highest BCUT2D eigenvalue weighted by Crippen LogP contribution is 2.24. The molecule has 0 unspecified atom stereocenters. The number of halogens is 2. The molecule has 29 heavy (non-hydrogen) atoms. The van der Waals surface area contributed by atoms with Crippen molar-refractivity contribution in [2.45, 2.75) is 13.0 Å². The van der Waals surface area contributed by atoms with Crippen molar-refractivity contribution in [1.29, 1.82) is 0 Å². The maximum absolute atomic E-state index is 14.3. The van der Waals surface area contributed by atoms with E-state index in [9.17, 15) is 4.39 Å². The predicted octanol–water partition coefficient (Wildman–Crippen LogP) is 3.35. The van der Waals surface area contributed by atoms with Crippen molar-refractivity contribution >= 4 is 29.9 Å². The van der Waals surface area contributed by atoms with Crippen LogP contribution in [0.15, 0.2) is 47.7 Å². The van der Waals surface area contributed by atoms with E-state index < -0.39 is 5.82 Å². The summed E-state index contributed by atoms with van der Waals surface area (Å²) in [6, 6.07) is 8.30. The maximum Gasteiger partial charge on any atom is 0.191 e. The molecule has 0 aliphatic rings. The normalized spacial score (nSPS) is 10.9. The third kappa shape index (κ3) is 9.86. The number of methoxy groups -OCH3 is 1. The maximum atomic E-state index is 14.3. The molecule has 0 bridgehead atoms. The summed E-state index contributed by atoms with van der Waals surface area (Å²) in [5.74, 6) is 0.864. The highest BCUT2D eigenvalue weighted by molar-refractivity contribution is 14.0. The summed E-state index contributed by atoms with van der Waals surface area (Å²) in [5.41, 5.74) is 0.780. The zero-order chi connectivity index (χ0) is 20.0. The minimum Gasteiger partial charge on any atom is -0.453 e. The van der Waals surface area contributed by atoms with Crippen molar-refractivity contribution in [3.8, 4) is 11.5 Å². The van der Waals surface area contributed by atoms with Gasteiger partial charge in [0.1, 0.15) is 5.75 Å². The fourth-order valence-electron chi connectivity index (χ4n) is 2.30. The Bertz CT molecular complexity index is 735. The van der Waals surface area contributed by atoms with E-state index in [0.717, 1.165) is 18.5 Å². The molecule has 0 fully saturated rings. The minimum atomic E-state index is -0.431. The van der Waals surface area contributed by atoms with E-state index in [4.69, 9.17) is 14.2 Å². The Morgan fingerprint density at radius 1 is 1.17 bits per heavy atom. The van der Waals surface area contributed by atoms with Gasteiger partial charge in [0.05, 0.1) is 19.4 Å². The number of hydrogen-bond acceptors (Lipinski definition) is 5. The molecule has 0 spiro atoms. The number of nitrogens with zero attached hydrogens (tertiary/aromatic N) is 2. The van der Waals surface area contributed by atoms with Crippen molar-refractivity contribution in [2.75, 3.05) is 40.5 Å². The fourth-order valence-corrected chi connectivity index (χ4v) is 2.30. The molecule has 1 heterocycles. The number of aromatic nitrogens is 1. The smallest absolute Gasteiger partial charge is 0.191 e. The lowest BCUT2D eigenvalue weighted by Gasteiger charge is -2.13. The van der Waals surface area contributed by atoms with Crippen LogP contribution in [0.5, 0.6) is 11.5 Å². The van der Waals surface area contributed by atoms with Gasteiger partial charge in [-0.1, -0.05) is 6.07 Å². The van der Waals surface area contributed by atoms with Gasteiger partial charge in [0, 0.05) is 40.1 Å². The Kier molecular flexibility index (Phi) is 12.9. The second kappa shape index (κ2) is 14.9. The fraction of sp³-hybridized carbons (Fsp3) is 0.400. The van der Waals surface area contributed by atoms with Gasteiger partial charge < -0.3 is 24.8 Å². The Balaban J connectivity index is 0.00000420. The van der Waals surface area contributed by atoms with Crippen LogP contribution < -0.4 is 15.4 Å². The van der Waals surface area contributed by atoms with Gasteiger partial charge in [0.25, 0.3) is 0 Å². The Morgan fingerprint density at radius 3 is 2.72 bits per heavy atom. The number of aliphatic imine (C=N–C) groups is 1. The monoisotopic (exact) mass is 518 g/mol. The minimum absolute atomic E-state index is 0. The van der Waals surface area contributed by atoms with Crippen LogP contribution in [0.4, 0.5) is 4.39 Å². The first-order chi connectivity index (χ1) is 13.7. The second-order valence-corrected chi connectivity index (χ2v) is 5.87. The van der Waals surface area contributed by atoms with Crippen LogP contribution in [-0.4, -0.2) is 51.5 Å². The van der Waals surface area contributed by atoms with Gasteiger partial charge in [-0.05, 0) is 36.2 Å². The molecule has 7 nitrogen and oxygen atoms in total. The van der Waals surface area contributed by atoms with Crippen LogP contribution in [-0.2, 0) is 16.0 Å². The number of hydrogen-bond donors (Lipinski definition) is 2. The molecule has 0 radical (unpaired) electrons. The Labute approximate surface area is 188 Å². The van der Waals surface area contributed by atoms with E-state index in [1.54, 1.807) is 44.6 Å². The van der Waals surface area contributed by atoms with Crippen LogP contribution in [0.2, 0.25) is 0 Å². The van der Waals surface area contributed by atoms with E-state index in [-0.39, 0.29) is 29.7 Å². The molecule has 2 N–H and O–H groups in total. The first kappa shape index (κ1) is 25.1. The predicted molar refractivity (Wildman–Crippen MR) is 122 cm³/mol. The Hall–Kier alpha value is -1.98. The van der Waals surface area contributed by atoms with Crippen LogP contribution in [0, 0.1) is 5.82 Å². The van der Waals surface area contributed by atoms with Crippen LogP contribution in [0.25, 0.3) is 0 Å². The van der Waals surface area contributed by atoms with Crippen molar-refractivity contribution < 1.29 is 18.6 Å². The van der Waals surface area contributed by atoms with Gasteiger partial charge in [-0.3, -0.25) is 9.98 Å². The first-order valence-corrected chi connectivity index (χ1v) is 9.10. The van der Waals surface area contributed by atoms with E-state index in [0.29, 0.717) is 38.1 Å². The average Bonchev–Trinajstić information content (AvgIpc) is 2.72. The summed E-state index contributed by atoms with van der Waals surface area (Å²) >= 11 is 0. The van der Waals surface area contributed by atoms with E-state index in [1.165, 1.54) is 12.3 Å². The van der Waals surface area contributed by atoms with Crippen LogP contribution in [0.3, 0.4) is 0 Å². The number of nitrogens with one attached hydrogen (secondary N) is 2. The molecule has 0 atom stereocenters. The molecule has 1 aromatic carbocycles. The molecular formula is C20H28FIN4O3. The number of guanidine groups is 1. The van der Waals surface area contributed by atoms with Crippen LogP contribution in [0.1, 0.15) is 12.0 Å². The summed E-state index contributed by atoms with van der Waals surface area (Å²) in [6.07, 6.45) is 4.01. The summed E-state index contributed by atoms with van der Waals surface area (Å²) in [4.78, 5) is 8.10. The quantitative estimate of drug-likeness (QED) is 0.206. The van der Waals surface area contributed by atoms with Gasteiger partial charge in [0.2, 0.25) is 0 Å². The summed E-state index contributed by atoms with van der Waals surface area (Å²) in [7, 11) is 3.34. The first-order valence-electron chi connectivity index (χ1n) is 9.10. The molecule has 0 saturated heterocycles. The molecule has 0 aliphatic heterocycles. The lowest BCUT2D eigenvalue weighted by molar-refractivity contribution is 0.0698. The average molecular weight is 518 g/mol. The third-order valence-electron chi connectivity index (χ3n) is 3.73. The summed E-state index contributed by atoms with van der Waals surface area (Å²) in [5, 5.41) is 6.35. The van der Waals surface area contributed by atoms with Gasteiger partial charge in [-0.2, -0.15) is 0 Å². The van der Waals surface area contributed by atoms with Gasteiger partial charge in [-0.15, -0.1) is 24.0 Å². The van der Waals surface area contributed by atoms with Crippen molar-refractivity contribution in [3.05, 3.63) is 54.1 Å². The zero-order valence-corrected chi connectivity index (χ0v) is 19.0. The number of rotatable bonds is 11. The standard InChI is InChI=1S/C20H27FN4O3.HI/c1-22-20(24-9-4-10-27-12-11-26-2)25-14-16-6-7-19(18(21)13-16)28-17-5-3-8-23-15-17;/h3,5-8,13,15H,4,9-12,14H2,1-2H3,(H2,22,24,25);1H. The highest BCUT2D eigenvalue weighted by Gasteiger charge is 2.07. The van der Waals surface area contributed by atoms with Crippen molar-refractivity contribution in [2.24, 2.45) is 4.99 Å². The zero-order valence-electron chi connectivity index (χ0n) is 16.7. The molecule has 0 amide bonds. The molecule has 1 aromatic heterocycles. The summed E-state index contributed by atoms with van der Waals surface area (Å²) < 4.78 is 30.1. The topological polar surface area (TPSA) is 77.0 Å². The largest absolute Gasteiger partial charge is 0.453 e. The van der Waals surface area contributed by atoms with Gasteiger partial charge in [-0.25, -0.2) is 4.39 Å². The Morgan fingerprint density at radius 2 is 2.03 bits per heavy atom. The van der Waals surface area contributed by atoms with Crippen molar-refractivity contribution in [1.82, 2.24) is 15.6 Å². The van der Waals surface area contributed by atoms with E-state index in [1.807, 2.05) is 0 Å². The lowest BCUT2D eigenvalue weighted by Crippen LogP contribution is -2.37. The number of ether oxygens (including phenoxy) is 3. The molecule has 9 heteroatoms. The molecule has 160 valence electrons. The molecule has 0 saturated carbocycles. The third-order valence-corrected chi connectivity index (χ3v) is 3.73. The van der Waals surface area contributed by atoms with Crippen LogP contribution >= 0.6 is 24.0 Å². The molecular weight excluding hydrogens is 490 g/mol.